The van der Waals surface area contributed by atoms with Gasteiger partial charge < -0.3 is 10.2 Å². The Morgan fingerprint density at radius 3 is 2.38 bits per heavy atom. The van der Waals surface area contributed by atoms with Crippen LogP contribution in [0.4, 0.5) is 0 Å². The van der Waals surface area contributed by atoms with E-state index in [2.05, 4.69) is 39.8 Å². The fourth-order valence-corrected chi connectivity index (χ4v) is 11.3. The van der Waals surface area contributed by atoms with E-state index in [0.29, 0.717) is 42.1 Å². The number of aliphatic hydroxyl groups is 2. The van der Waals surface area contributed by atoms with E-state index in [0.717, 1.165) is 50.9 Å². The summed E-state index contributed by atoms with van der Waals surface area (Å²) in [6, 6.07) is 0. The molecule has 0 aromatic carbocycles. The molecule has 0 aromatic rings. The van der Waals surface area contributed by atoms with Gasteiger partial charge in [0.05, 0.1) is 18.0 Å². The van der Waals surface area contributed by atoms with Crippen molar-refractivity contribution in [2.24, 2.45) is 45.8 Å². The fraction of sp³-hybridized carbons (Fsp3) is 0.871. The lowest BCUT2D eigenvalue weighted by Crippen LogP contribution is -2.59. The average molecular weight is 532 g/mol. The van der Waals surface area contributed by atoms with Gasteiger partial charge in [-0.05, 0) is 105 Å². The minimum atomic E-state index is -3.43. The number of aliphatic hydroxyl groups excluding tert-OH is 1. The summed E-state index contributed by atoms with van der Waals surface area (Å²) in [6.45, 7) is 10.2. The maximum atomic E-state index is 13.1. The van der Waals surface area contributed by atoms with E-state index < -0.39 is 15.6 Å². The van der Waals surface area contributed by atoms with Crippen LogP contribution in [0.15, 0.2) is 23.3 Å². The standard InChI is InChI=1S/C31H49NO4S/c1-28(2)21-7-6-20(27(28)17-21)18-32(37(5,35)36)19-31(34)15-12-26-24-9-8-22-16-23(33)10-13-29(22,3)25(24)11-14-30(26,31)4/h8-9,20-21,23,25-27,33-34H,6-7,10-19H2,1-5H3. The second-order valence-electron chi connectivity index (χ2n) is 15.1. The number of rotatable bonds is 5. The Morgan fingerprint density at radius 1 is 0.973 bits per heavy atom. The number of hydrogen-bond donors (Lipinski definition) is 2. The van der Waals surface area contributed by atoms with Crippen molar-refractivity contribution >= 4 is 10.0 Å². The average Bonchev–Trinajstić information content (AvgIpc) is 3.09. The van der Waals surface area contributed by atoms with Crippen LogP contribution in [0.25, 0.3) is 0 Å². The summed E-state index contributed by atoms with van der Waals surface area (Å²) in [5, 5.41) is 22.6. The van der Waals surface area contributed by atoms with Gasteiger partial charge in [0.1, 0.15) is 0 Å². The predicted molar refractivity (Wildman–Crippen MR) is 147 cm³/mol. The topological polar surface area (TPSA) is 77.8 Å². The third-order valence-corrected chi connectivity index (χ3v) is 14.4. The Bertz CT molecular complexity index is 1120. The van der Waals surface area contributed by atoms with Crippen LogP contribution in [0.5, 0.6) is 0 Å². The van der Waals surface area contributed by atoms with E-state index in [1.165, 1.54) is 30.2 Å². The molecule has 7 rings (SSSR count). The number of nitrogens with zero attached hydrogens (tertiary/aromatic N) is 1. The molecule has 6 saturated carbocycles. The lowest BCUT2D eigenvalue weighted by molar-refractivity contribution is -0.118. The first-order chi connectivity index (χ1) is 17.2. The normalized spacial score (nSPS) is 48.3. The molecule has 0 aromatic heterocycles. The lowest BCUT2D eigenvalue weighted by atomic mass is 9.45. The zero-order valence-corrected chi connectivity index (χ0v) is 24.5. The molecule has 208 valence electrons. The minimum Gasteiger partial charge on any atom is -0.393 e. The Kier molecular flexibility index (Phi) is 6.03. The summed E-state index contributed by atoms with van der Waals surface area (Å²) in [4.78, 5) is 0. The van der Waals surface area contributed by atoms with Gasteiger partial charge in [-0.1, -0.05) is 51.0 Å². The summed E-state index contributed by atoms with van der Waals surface area (Å²) < 4.78 is 27.9. The van der Waals surface area contributed by atoms with Gasteiger partial charge in [0, 0.05) is 18.5 Å². The van der Waals surface area contributed by atoms with E-state index in [9.17, 15) is 18.6 Å². The lowest BCUT2D eigenvalue weighted by Gasteiger charge is -2.61. The van der Waals surface area contributed by atoms with Gasteiger partial charge in [0.25, 0.3) is 0 Å². The third kappa shape index (κ3) is 3.82. The molecule has 9 atom stereocenters. The van der Waals surface area contributed by atoms with E-state index in [1.807, 2.05) is 0 Å². The summed E-state index contributed by atoms with van der Waals surface area (Å²) >= 11 is 0. The number of fused-ring (bicyclic) bond motifs is 7. The number of allylic oxidation sites excluding steroid dienone is 3. The van der Waals surface area contributed by atoms with Gasteiger partial charge in [-0.15, -0.1) is 0 Å². The van der Waals surface area contributed by atoms with Crippen molar-refractivity contribution in [2.45, 2.75) is 104 Å². The van der Waals surface area contributed by atoms with Crippen LogP contribution in [0, 0.1) is 45.8 Å². The second kappa shape index (κ2) is 8.41. The molecule has 6 heteroatoms. The first-order valence-electron chi connectivity index (χ1n) is 15.0. The van der Waals surface area contributed by atoms with Crippen LogP contribution in [-0.4, -0.2) is 54.0 Å². The first kappa shape index (κ1) is 26.5. The smallest absolute Gasteiger partial charge is 0.211 e. The van der Waals surface area contributed by atoms with Crippen LogP contribution in [0.1, 0.15) is 91.9 Å². The summed E-state index contributed by atoms with van der Waals surface area (Å²) in [5.41, 5.74) is 1.98. The molecule has 0 amide bonds. The summed E-state index contributed by atoms with van der Waals surface area (Å²) in [5.74, 6) is 2.55. The zero-order valence-electron chi connectivity index (χ0n) is 23.7. The van der Waals surface area contributed by atoms with E-state index >= 15 is 0 Å². The van der Waals surface area contributed by atoms with Gasteiger partial charge in [0.15, 0.2) is 0 Å². The van der Waals surface area contributed by atoms with Crippen LogP contribution >= 0.6 is 0 Å². The zero-order chi connectivity index (χ0) is 26.6. The minimum absolute atomic E-state index is 0.110. The van der Waals surface area contributed by atoms with Gasteiger partial charge in [-0.25, -0.2) is 8.42 Å². The van der Waals surface area contributed by atoms with Gasteiger partial charge in [0.2, 0.25) is 10.0 Å². The predicted octanol–water partition coefficient (Wildman–Crippen LogP) is 5.30. The molecule has 5 nitrogen and oxygen atoms in total. The van der Waals surface area contributed by atoms with Gasteiger partial charge in [-0.3, -0.25) is 0 Å². The monoisotopic (exact) mass is 531 g/mol. The molecule has 0 aliphatic heterocycles. The van der Waals surface area contributed by atoms with Crippen LogP contribution in [-0.2, 0) is 10.0 Å². The van der Waals surface area contributed by atoms with Crippen molar-refractivity contribution in [3.8, 4) is 0 Å². The highest BCUT2D eigenvalue weighted by Crippen LogP contribution is 2.66. The van der Waals surface area contributed by atoms with Crippen molar-refractivity contribution in [2.75, 3.05) is 19.3 Å². The highest BCUT2D eigenvalue weighted by atomic mass is 32.2. The number of sulfonamides is 1. The molecule has 2 N–H and O–H groups in total. The SMILES string of the molecule is CC12CCC(O)CC1=CC=C1C2CCC2(C)C1CCC2(O)CN(CC1CCC2CC1C2(C)C)S(C)(=O)=O. The van der Waals surface area contributed by atoms with Crippen molar-refractivity contribution in [3.05, 3.63) is 23.3 Å². The molecule has 0 spiro atoms. The summed E-state index contributed by atoms with van der Waals surface area (Å²) in [6.07, 6.45) is 15.5. The summed E-state index contributed by atoms with van der Waals surface area (Å²) in [7, 11) is -3.43. The van der Waals surface area contributed by atoms with Crippen molar-refractivity contribution in [1.29, 1.82) is 0 Å². The van der Waals surface area contributed by atoms with Crippen molar-refractivity contribution < 1.29 is 18.6 Å². The quantitative estimate of drug-likeness (QED) is 0.505. The van der Waals surface area contributed by atoms with Crippen molar-refractivity contribution in [3.63, 3.8) is 0 Å². The highest BCUT2D eigenvalue weighted by molar-refractivity contribution is 7.88. The second-order valence-corrected chi connectivity index (χ2v) is 17.0. The Labute approximate surface area is 224 Å². The van der Waals surface area contributed by atoms with E-state index in [4.69, 9.17) is 0 Å². The Morgan fingerprint density at radius 2 is 1.70 bits per heavy atom. The van der Waals surface area contributed by atoms with E-state index in [1.54, 1.807) is 4.31 Å². The highest BCUT2D eigenvalue weighted by Gasteiger charge is 2.63. The maximum Gasteiger partial charge on any atom is 0.211 e. The van der Waals surface area contributed by atoms with Crippen LogP contribution < -0.4 is 0 Å². The molecular weight excluding hydrogens is 482 g/mol. The molecule has 9 unspecified atom stereocenters. The van der Waals surface area contributed by atoms with Crippen molar-refractivity contribution in [1.82, 2.24) is 4.31 Å². The molecule has 0 saturated heterocycles. The Hall–Kier alpha value is -0.690. The molecule has 0 radical (unpaired) electrons. The van der Waals surface area contributed by atoms with Crippen LogP contribution in [0.2, 0.25) is 0 Å². The largest absolute Gasteiger partial charge is 0.393 e. The maximum absolute atomic E-state index is 13.1. The molecule has 0 heterocycles. The molecule has 7 aliphatic carbocycles. The molecule has 2 bridgehead atoms. The van der Waals surface area contributed by atoms with Gasteiger partial charge >= 0.3 is 0 Å². The Balaban J connectivity index is 1.25. The number of hydrogen-bond acceptors (Lipinski definition) is 4. The van der Waals surface area contributed by atoms with Gasteiger partial charge in [-0.2, -0.15) is 4.31 Å². The molecule has 6 fully saturated rings. The molecule has 37 heavy (non-hydrogen) atoms. The van der Waals surface area contributed by atoms with Crippen LogP contribution in [0.3, 0.4) is 0 Å². The van der Waals surface area contributed by atoms with E-state index in [-0.39, 0.29) is 23.5 Å². The third-order valence-electron chi connectivity index (χ3n) is 13.2. The molecule has 7 aliphatic rings. The first-order valence-corrected chi connectivity index (χ1v) is 16.8. The molecular formula is C31H49NO4S. The fourth-order valence-electron chi connectivity index (χ4n) is 10.4.